The van der Waals surface area contributed by atoms with Gasteiger partial charge in [-0.15, -0.1) is 0 Å². The number of anilines is 1. The molecule has 0 aromatic heterocycles. The van der Waals surface area contributed by atoms with Gasteiger partial charge in [-0.3, -0.25) is 0 Å². The fourth-order valence-electron chi connectivity index (χ4n) is 2.16. The lowest BCUT2D eigenvalue weighted by atomic mass is 9.90. The van der Waals surface area contributed by atoms with E-state index in [1.165, 1.54) is 0 Å². The Labute approximate surface area is 136 Å². The number of ether oxygens (including phenoxy) is 1. The van der Waals surface area contributed by atoms with Crippen LogP contribution in [-0.4, -0.2) is 11.6 Å². The normalized spacial score (nSPS) is 13.5. The number of hydrogen-bond donors (Lipinski definition) is 1. The minimum atomic E-state index is -1.60. The van der Waals surface area contributed by atoms with Gasteiger partial charge < -0.3 is 10.1 Å². The van der Waals surface area contributed by atoms with Crippen LogP contribution in [0.25, 0.3) is 0 Å². The van der Waals surface area contributed by atoms with Gasteiger partial charge in [0.2, 0.25) is 5.54 Å². The average Bonchev–Trinajstić information content (AvgIpc) is 2.53. The molecule has 4 nitrogen and oxygen atoms in total. The van der Waals surface area contributed by atoms with Crippen LogP contribution in [0.2, 0.25) is 0 Å². The second-order valence-electron chi connectivity index (χ2n) is 6.22. The third kappa shape index (κ3) is 3.89. The van der Waals surface area contributed by atoms with E-state index >= 15 is 0 Å². The zero-order valence-corrected chi connectivity index (χ0v) is 13.5. The average molecular weight is 308 g/mol. The molecule has 1 atom stereocenters. The highest BCUT2D eigenvalue weighted by Gasteiger charge is 2.44. The first-order chi connectivity index (χ1) is 10.9. The van der Waals surface area contributed by atoms with Crippen LogP contribution < -0.4 is 5.32 Å². The highest BCUT2D eigenvalue weighted by Crippen LogP contribution is 2.29. The Morgan fingerprint density at radius 3 is 2.00 bits per heavy atom. The number of nitrogens with one attached hydrogen (secondary N) is 1. The molecule has 0 bridgehead atoms. The van der Waals surface area contributed by atoms with Gasteiger partial charge in [0.15, 0.2) is 0 Å². The van der Waals surface area contributed by atoms with Crippen molar-refractivity contribution in [3.63, 3.8) is 0 Å². The van der Waals surface area contributed by atoms with Gasteiger partial charge in [0.1, 0.15) is 11.7 Å². The molecule has 0 aliphatic heterocycles. The summed E-state index contributed by atoms with van der Waals surface area (Å²) in [5.41, 5.74) is -1.08. The van der Waals surface area contributed by atoms with Crippen LogP contribution in [0.4, 0.5) is 5.69 Å². The molecular weight excluding hydrogens is 288 g/mol. The molecule has 0 spiro atoms. The number of benzene rings is 2. The van der Waals surface area contributed by atoms with Crippen LogP contribution in [0.3, 0.4) is 0 Å². The van der Waals surface area contributed by atoms with Crippen molar-refractivity contribution >= 4 is 11.7 Å². The fourth-order valence-corrected chi connectivity index (χ4v) is 2.16. The van der Waals surface area contributed by atoms with E-state index in [2.05, 4.69) is 11.4 Å². The van der Waals surface area contributed by atoms with Crippen molar-refractivity contribution < 1.29 is 9.53 Å². The minimum absolute atomic E-state index is 0.542. The van der Waals surface area contributed by atoms with E-state index in [4.69, 9.17) is 4.74 Å². The summed E-state index contributed by atoms with van der Waals surface area (Å²) < 4.78 is 5.50. The number of nitrogens with zero attached hydrogens (tertiary/aromatic N) is 1. The summed E-state index contributed by atoms with van der Waals surface area (Å²) in [6.07, 6.45) is 0. The Hall–Kier alpha value is -2.80. The molecule has 0 aliphatic carbocycles. The predicted molar refractivity (Wildman–Crippen MR) is 89.6 cm³/mol. The molecule has 2 rings (SSSR count). The summed E-state index contributed by atoms with van der Waals surface area (Å²) in [5.74, 6) is -0.623. The molecule has 2 aromatic carbocycles. The maximum atomic E-state index is 12.8. The smallest absolute Gasteiger partial charge is 0.352 e. The van der Waals surface area contributed by atoms with Crippen molar-refractivity contribution in [1.82, 2.24) is 0 Å². The predicted octanol–water partition coefficient (Wildman–Crippen LogP) is 3.86. The molecule has 23 heavy (non-hydrogen) atoms. The minimum Gasteiger partial charge on any atom is -0.457 e. The van der Waals surface area contributed by atoms with Crippen LogP contribution in [0.5, 0.6) is 0 Å². The third-order valence-electron chi connectivity index (χ3n) is 3.19. The van der Waals surface area contributed by atoms with Crippen LogP contribution in [-0.2, 0) is 15.1 Å². The largest absolute Gasteiger partial charge is 0.457 e. The lowest BCUT2D eigenvalue weighted by molar-refractivity contribution is -0.158. The molecule has 2 aromatic rings. The van der Waals surface area contributed by atoms with Crippen molar-refractivity contribution in [2.75, 3.05) is 5.32 Å². The van der Waals surface area contributed by atoms with Gasteiger partial charge in [-0.2, -0.15) is 5.26 Å². The van der Waals surface area contributed by atoms with E-state index in [1.54, 1.807) is 57.2 Å². The Kier molecular flexibility index (Phi) is 4.71. The zero-order valence-electron chi connectivity index (χ0n) is 13.5. The van der Waals surface area contributed by atoms with Crippen molar-refractivity contribution in [3.8, 4) is 6.07 Å². The van der Waals surface area contributed by atoms with Gasteiger partial charge >= 0.3 is 5.97 Å². The maximum Gasteiger partial charge on any atom is 0.352 e. The lowest BCUT2D eigenvalue weighted by Gasteiger charge is -2.31. The second-order valence-corrected chi connectivity index (χ2v) is 6.22. The van der Waals surface area contributed by atoms with Crippen molar-refractivity contribution in [2.45, 2.75) is 31.9 Å². The summed E-state index contributed by atoms with van der Waals surface area (Å²) >= 11 is 0. The maximum absolute atomic E-state index is 12.8. The molecular formula is C19H20N2O2. The summed E-state index contributed by atoms with van der Waals surface area (Å²) in [7, 11) is 0. The molecule has 0 fully saturated rings. The summed E-state index contributed by atoms with van der Waals surface area (Å²) in [5, 5.41) is 12.9. The van der Waals surface area contributed by atoms with Gasteiger partial charge in [0, 0.05) is 11.3 Å². The molecule has 118 valence electrons. The molecule has 0 heterocycles. The van der Waals surface area contributed by atoms with Crippen LogP contribution in [0.1, 0.15) is 26.3 Å². The van der Waals surface area contributed by atoms with E-state index in [0.717, 1.165) is 0 Å². The van der Waals surface area contributed by atoms with E-state index in [-0.39, 0.29) is 0 Å². The van der Waals surface area contributed by atoms with Gasteiger partial charge in [-0.25, -0.2) is 4.79 Å². The van der Waals surface area contributed by atoms with E-state index in [0.29, 0.717) is 11.3 Å². The second kappa shape index (κ2) is 6.53. The van der Waals surface area contributed by atoms with Crippen molar-refractivity contribution in [2.24, 2.45) is 0 Å². The van der Waals surface area contributed by atoms with Crippen LogP contribution in [0.15, 0.2) is 60.7 Å². The number of hydrogen-bond acceptors (Lipinski definition) is 4. The SMILES string of the molecule is CC(C)(C)OC(=O)[C@](C#N)(Nc1ccccc1)c1ccccc1. The standard InChI is InChI=1S/C19H20N2O2/c1-18(2,3)23-17(22)19(14-20,15-10-6-4-7-11-15)21-16-12-8-5-9-13-16/h4-13,21H,1-3H3/t19-/m1/s1. The number of nitriles is 1. The molecule has 0 amide bonds. The third-order valence-corrected chi connectivity index (χ3v) is 3.19. The highest BCUT2D eigenvalue weighted by atomic mass is 16.6. The molecule has 0 radical (unpaired) electrons. The highest BCUT2D eigenvalue weighted by molar-refractivity contribution is 5.90. The van der Waals surface area contributed by atoms with E-state index in [1.807, 2.05) is 24.3 Å². The van der Waals surface area contributed by atoms with Gasteiger partial charge in [0.05, 0.1) is 0 Å². The quantitative estimate of drug-likeness (QED) is 0.871. The van der Waals surface area contributed by atoms with Gasteiger partial charge in [-0.05, 0) is 32.9 Å². The van der Waals surface area contributed by atoms with Gasteiger partial charge in [-0.1, -0.05) is 48.5 Å². The Balaban J connectivity index is 2.49. The zero-order chi connectivity index (χ0) is 16.9. The van der Waals surface area contributed by atoms with Crippen LogP contribution >= 0.6 is 0 Å². The number of rotatable bonds is 4. The topological polar surface area (TPSA) is 62.1 Å². The molecule has 0 unspecified atom stereocenters. The van der Waals surface area contributed by atoms with Crippen LogP contribution in [0, 0.1) is 11.3 Å². The van der Waals surface area contributed by atoms with Gasteiger partial charge in [0.25, 0.3) is 0 Å². The molecule has 0 saturated heterocycles. The fraction of sp³-hybridized carbons (Fsp3) is 0.263. The number of para-hydroxylation sites is 1. The Morgan fingerprint density at radius 2 is 1.52 bits per heavy atom. The summed E-state index contributed by atoms with van der Waals surface area (Å²) in [6.45, 7) is 5.33. The number of carbonyl (C=O) groups is 1. The molecule has 0 aliphatic rings. The molecule has 0 saturated carbocycles. The molecule has 4 heteroatoms. The Bertz CT molecular complexity index is 700. The first-order valence-corrected chi connectivity index (χ1v) is 7.41. The lowest BCUT2D eigenvalue weighted by Crippen LogP contribution is -2.46. The summed E-state index contributed by atoms with van der Waals surface area (Å²) in [4.78, 5) is 12.8. The monoisotopic (exact) mass is 308 g/mol. The van der Waals surface area contributed by atoms with Crippen molar-refractivity contribution in [1.29, 1.82) is 5.26 Å². The first-order valence-electron chi connectivity index (χ1n) is 7.41. The first kappa shape index (κ1) is 16.6. The number of esters is 1. The van der Waals surface area contributed by atoms with E-state index in [9.17, 15) is 10.1 Å². The van der Waals surface area contributed by atoms with E-state index < -0.39 is 17.1 Å². The Morgan fingerprint density at radius 1 is 1.00 bits per heavy atom. The number of carbonyl (C=O) groups excluding carboxylic acids is 1. The molecule has 1 N–H and O–H groups in total. The summed E-state index contributed by atoms with van der Waals surface area (Å²) in [6, 6.07) is 20.2. The van der Waals surface area contributed by atoms with Crippen molar-refractivity contribution in [3.05, 3.63) is 66.2 Å².